The lowest BCUT2D eigenvalue weighted by atomic mass is 9.86. The minimum atomic E-state index is -4.06. The maximum atomic E-state index is 13.7. The molecule has 2 aromatic carbocycles. The molecule has 0 unspecified atom stereocenters. The zero-order chi connectivity index (χ0) is 22.4. The van der Waals surface area contributed by atoms with Gasteiger partial charge in [0, 0.05) is 25.8 Å². The normalized spacial score (nSPS) is 15.4. The first-order valence-corrected chi connectivity index (χ1v) is 10.4. The van der Waals surface area contributed by atoms with Gasteiger partial charge in [-0.05, 0) is 49.7 Å². The van der Waals surface area contributed by atoms with Crippen molar-refractivity contribution in [2.75, 3.05) is 30.9 Å². The van der Waals surface area contributed by atoms with Crippen LogP contribution in [0.5, 0.6) is 0 Å². The summed E-state index contributed by atoms with van der Waals surface area (Å²) in [5.74, 6) is -2.71. The second-order valence-corrected chi connectivity index (χ2v) is 9.65. The quantitative estimate of drug-likeness (QED) is 0.779. The van der Waals surface area contributed by atoms with Crippen molar-refractivity contribution >= 4 is 33.2 Å². The molecule has 1 aliphatic rings. The Morgan fingerprint density at radius 2 is 1.83 bits per heavy atom. The maximum Gasteiger partial charge on any atom is 0.243 e. The van der Waals surface area contributed by atoms with Gasteiger partial charge in [0.1, 0.15) is 11.6 Å². The fourth-order valence-corrected chi connectivity index (χ4v) is 4.51. The van der Waals surface area contributed by atoms with E-state index in [1.165, 1.54) is 24.1 Å². The van der Waals surface area contributed by atoms with Crippen molar-refractivity contribution in [1.29, 1.82) is 0 Å². The lowest BCUT2D eigenvalue weighted by Gasteiger charge is -2.19. The van der Waals surface area contributed by atoms with E-state index in [4.69, 9.17) is 0 Å². The van der Waals surface area contributed by atoms with Gasteiger partial charge in [-0.2, -0.15) is 4.31 Å². The van der Waals surface area contributed by atoms with E-state index in [-0.39, 0.29) is 16.5 Å². The number of likely N-dealkylation sites (N-methyl/N-ethyl adjacent to an activating group) is 2. The van der Waals surface area contributed by atoms with Crippen LogP contribution in [0.4, 0.5) is 20.2 Å². The lowest BCUT2D eigenvalue weighted by molar-refractivity contribution is -0.121. The number of carbonyl (C=O) groups is 2. The van der Waals surface area contributed by atoms with Crippen molar-refractivity contribution in [3.05, 3.63) is 53.6 Å². The van der Waals surface area contributed by atoms with Gasteiger partial charge in [-0.15, -0.1) is 0 Å². The van der Waals surface area contributed by atoms with Crippen LogP contribution >= 0.6 is 0 Å². The number of carbonyl (C=O) groups excluding carboxylic acids is 2. The van der Waals surface area contributed by atoms with E-state index in [1.54, 1.807) is 27.0 Å². The van der Waals surface area contributed by atoms with E-state index in [2.05, 4.69) is 5.32 Å². The molecular formula is C20H21F2N3O4S. The molecule has 0 radical (unpaired) electrons. The largest absolute Gasteiger partial charge is 0.322 e. The van der Waals surface area contributed by atoms with E-state index in [9.17, 15) is 26.8 Å². The van der Waals surface area contributed by atoms with Crippen LogP contribution in [0.1, 0.15) is 19.4 Å². The summed E-state index contributed by atoms with van der Waals surface area (Å²) in [6, 6.07) is 6.99. The van der Waals surface area contributed by atoms with Crippen molar-refractivity contribution in [2.24, 2.45) is 0 Å². The number of fused-ring (bicyclic) bond motifs is 1. The number of hydrogen-bond acceptors (Lipinski definition) is 4. The molecule has 10 heteroatoms. The highest BCUT2D eigenvalue weighted by Gasteiger charge is 2.43. The second-order valence-electron chi connectivity index (χ2n) is 7.60. The first-order chi connectivity index (χ1) is 13.9. The molecule has 0 aliphatic carbocycles. The summed E-state index contributed by atoms with van der Waals surface area (Å²) in [4.78, 5) is 26.0. The number of nitrogens with zero attached hydrogens (tertiary/aromatic N) is 2. The van der Waals surface area contributed by atoms with Crippen LogP contribution in [0.3, 0.4) is 0 Å². The van der Waals surface area contributed by atoms with Gasteiger partial charge in [-0.25, -0.2) is 17.2 Å². The predicted octanol–water partition coefficient (Wildman–Crippen LogP) is 2.48. The first-order valence-electron chi connectivity index (χ1n) is 8.99. The highest BCUT2D eigenvalue weighted by molar-refractivity contribution is 7.89. The van der Waals surface area contributed by atoms with Crippen LogP contribution in [0, 0.1) is 11.6 Å². The van der Waals surface area contributed by atoms with E-state index >= 15 is 0 Å². The van der Waals surface area contributed by atoms with Crippen molar-refractivity contribution < 1.29 is 26.8 Å². The number of halogens is 2. The Labute approximate surface area is 173 Å². The van der Waals surface area contributed by atoms with Crippen LogP contribution in [-0.2, 0) is 25.0 Å². The zero-order valence-electron chi connectivity index (χ0n) is 16.9. The topological polar surface area (TPSA) is 86.8 Å². The summed E-state index contributed by atoms with van der Waals surface area (Å²) < 4.78 is 53.3. The molecule has 7 nitrogen and oxygen atoms in total. The van der Waals surface area contributed by atoms with Gasteiger partial charge in [-0.1, -0.05) is 0 Å². The monoisotopic (exact) mass is 437 g/mol. The average Bonchev–Trinajstić information content (AvgIpc) is 2.84. The van der Waals surface area contributed by atoms with Gasteiger partial charge in [0.05, 0.1) is 22.5 Å². The van der Waals surface area contributed by atoms with Crippen molar-refractivity contribution in [2.45, 2.75) is 24.2 Å². The fourth-order valence-electron chi connectivity index (χ4n) is 3.36. The molecule has 30 heavy (non-hydrogen) atoms. The number of anilines is 2. The van der Waals surface area contributed by atoms with Crippen LogP contribution in [0.25, 0.3) is 0 Å². The number of nitrogens with one attached hydrogen (secondary N) is 1. The smallest absolute Gasteiger partial charge is 0.243 e. The van der Waals surface area contributed by atoms with Crippen LogP contribution in [-0.4, -0.2) is 45.2 Å². The molecule has 0 aromatic heterocycles. The molecule has 160 valence electrons. The average molecular weight is 437 g/mol. The molecule has 0 atom stereocenters. The van der Waals surface area contributed by atoms with Crippen LogP contribution < -0.4 is 10.2 Å². The summed E-state index contributed by atoms with van der Waals surface area (Å²) in [5, 5.41) is 2.22. The summed E-state index contributed by atoms with van der Waals surface area (Å²) >= 11 is 0. The Bertz CT molecular complexity index is 1150. The molecule has 0 spiro atoms. The highest BCUT2D eigenvalue weighted by atomic mass is 32.2. The minimum Gasteiger partial charge on any atom is -0.322 e. The number of sulfonamides is 1. The van der Waals surface area contributed by atoms with E-state index < -0.39 is 39.5 Å². The molecule has 0 saturated heterocycles. The Hall–Kier alpha value is -2.85. The van der Waals surface area contributed by atoms with Gasteiger partial charge in [0.2, 0.25) is 21.8 Å². The molecule has 1 N–H and O–H groups in total. The van der Waals surface area contributed by atoms with Crippen LogP contribution in [0.2, 0.25) is 0 Å². The number of rotatable bonds is 5. The molecule has 3 rings (SSSR count). The van der Waals surface area contributed by atoms with E-state index in [1.807, 2.05) is 0 Å². The lowest BCUT2D eigenvalue weighted by Crippen LogP contribution is -2.35. The number of amides is 2. The highest BCUT2D eigenvalue weighted by Crippen LogP contribution is 2.41. The Balaban J connectivity index is 1.81. The number of hydrogen-bond donors (Lipinski definition) is 1. The Kier molecular flexibility index (Phi) is 5.42. The second kappa shape index (κ2) is 7.44. The maximum absolute atomic E-state index is 13.7. The van der Waals surface area contributed by atoms with Crippen LogP contribution in [0.15, 0.2) is 41.3 Å². The van der Waals surface area contributed by atoms with E-state index in [0.717, 1.165) is 16.4 Å². The third-order valence-electron chi connectivity index (χ3n) is 5.12. The summed E-state index contributed by atoms with van der Waals surface area (Å²) in [6.07, 6.45) is 0. The molecule has 2 aromatic rings. The zero-order valence-corrected chi connectivity index (χ0v) is 17.7. The van der Waals surface area contributed by atoms with Gasteiger partial charge < -0.3 is 10.2 Å². The molecule has 1 aliphatic heterocycles. The molecule has 2 amide bonds. The summed E-state index contributed by atoms with van der Waals surface area (Å²) in [7, 11) is -1.23. The fraction of sp³-hybridized carbons (Fsp3) is 0.300. The Morgan fingerprint density at radius 3 is 2.47 bits per heavy atom. The standard InChI is InChI=1S/C20H21F2N3O4S/c1-20(2)14-10-13(6-8-17(14)25(4)19(20)27)30(28,29)24(3)11-18(26)23-16-7-5-12(21)9-15(16)22/h5-10H,11H2,1-4H3,(H,23,26). The molecular weight excluding hydrogens is 416 g/mol. The SMILES string of the molecule is CN1C(=O)C(C)(C)c2cc(S(=O)(=O)N(C)CC(=O)Nc3ccc(F)cc3F)ccc21. The van der Waals surface area contributed by atoms with Gasteiger partial charge in [0.15, 0.2) is 0 Å². The van der Waals surface area contributed by atoms with Crippen molar-refractivity contribution in [1.82, 2.24) is 4.31 Å². The van der Waals surface area contributed by atoms with E-state index in [0.29, 0.717) is 17.3 Å². The van der Waals surface area contributed by atoms with Gasteiger partial charge in [-0.3, -0.25) is 9.59 Å². The molecule has 0 bridgehead atoms. The number of benzene rings is 2. The summed E-state index contributed by atoms with van der Waals surface area (Å²) in [6.45, 7) is 2.84. The molecule has 1 heterocycles. The first kappa shape index (κ1) is 21.8. The third-order valence-corrected chi connectivity index (χ3v) is 6.92. The summed E-state index contributed by atoms with van der Waals surface area (Å²) in [5.41, 5.74) is 0.0533. The van der Waals surface area contributed by atoms with Crippen molar-refractivity contribution in [3.63, 3.8) is 0 Å². The predicted molar refractivity (Wildman–Crippen MR) is 108 cm³/mol. The molecule has 0 fully saturated rings. The van der Waals surface area contributed by atoms with Gasteiger partial charge >= 0.3 is 0 Å². The van der Waals surface area contributed by atoms with Crippen molar-refractivity contribution in [3.8, 4) is 0 Å². The minimum absolute atomic E-state index is 0.0688. The Morgan fingerprint density at radius 1 is 1.17 bits per heavy atom. The third kappa shape index (κ3) is 3.68. The molecule has 0 saturated carbocycles. The van der Waals surface area contributed by atoms with Gasteiger partial charge in [0.25, 0.3) is 0 Å².